The van der Waals surface area contributed by atoms with Crippen LogP contribution in [0.1, 0.15) is 23.9 Å². The molecule has 0 unspecified atom stereocenters. The Kier molecular flexibility index (Phi) is 5.28. The average Bonchev–Trinajstić information content (AvgIpc) is 2.84. The molecular formula is C16H22N4O3S. The number of nitrogens with one attached hydrogen (secondary N) is 3. The summed E-state index contributed by atoms with van der Waals surface area (Å²) in [6.07, 6.45) is 1.73. The van der Waals surface area contributed by atoms with Gasteiger partial charge in [0.1, 0.15) is 0 Å². The summed E-state index contributed by atoms with van der Waals surface area (Å²) in [5, 5.41) is 12.5. The SMILES string of the molecule is Cc1cc(C[C@@H](C)NC(=O)Nc2cc(S(C)(=O)=O)ccc2C)n[nH]1. The van der Waals surface area contributed by atoms with Gasteiger partial charge in [-0.2, -0.15) is 5.10 Å². The van der Waals surface area contributed by atoms with Crippen LogP contribution < -0.4 is 10.6 Å². The van der Waals surface area contributed by atoms with E-state index in [-0.39, 0.29) is 17.0 Å². The molecule has 8 heteroatoms. The number of anilines is 1. The quantitative estimate of drug-likeness (QED) is 0.769. The van der Waals surface area contributed by atoms with Crippen molar-refractivity contribution in [1.29, 1.82) is 0 Å². The number of aryl methyl sites for hydroxylation is 2. The van der Waals surface area contributed by atoms with E-state index in [4.69, 9.17) is 0 Å². The third-order valence-corrected chi connectivity index (χ3v) is 4.65. The standard InChI is InChI=1S/C16H22N4O3S/c1-10-5-6-14(24(4,22)23)9-15(10)18-16(21)17-11(2)7-13-8-12(3)19-20-13/h5-6,8-9,11H,7H2,1-4H3,(H,19,20)(H2,17,18,21)/t11-/m1/s1. The number of aromatic amines is 1. The smallest absolute Gasteiger partial charge is 0.319 e. The molecule has 1 aromatic carbocycles. The van der Waals surface area contributed by atoms with Gasteiger partial charge in [-0.3, -0.25) is 5.10 Å². The maximum atomic E-state index is 12.1. The fourth-order valence-corrected chi connectivity index (χ4v) is 2.94. The van der Waals surface area contributed by atoms with E-state index >= 15 is 0 Å². The summed E-state index contributed by atoms with van der Waals surface area (Å²) in [6, 6.07) is 6.08. The first-order valence-electron chi connectivity index (χ1n) is 7.54. The Bertz CT molecular complexity index is 843. The molecule has 0 saturated carbocycles. The maximum Gasteiger partial charge on any atom is 0.319 e. The van der Waals surface area contributed by atoms with Crippen molar-refractivity contribution in [2.24, 2.45) is 0 Å². The van der Waals surface area contributed by atoms with E-state index in [1.807, 2.05) is 19.9 Å². The second kappa shape index (κ2) is 7.04. The molecule has 0 spiro atoms. The lowest BCUT2D eigenvalue weighted by atomic mass is 10.2. The van der Waals surface area contributed by atoms with Crippen molar-refractivity contribution in [2.45, 2.75) is 38.1 Å². The predicted molar refractivity (Wildman–Crippen MR) is 92.9 cm³/mol. The molecule has 0 fully saturated rings. The highest BCUT2D eigenvalue weighted by molar-refractivity contribution is 7.90. The van der Waals surface area contributed by atoms with Gasteiger partial charge in [-0.1, -0.05) is 6.07 Å². The first-order chi connectivity index (χ1) is 11.1. The minimum Gasteiger partial charge on any atom is -0.335 e. The summed E-state index contributed by atoms with van der Waals surface area (Å²) in [6.45, 7) is 5.60. The highest BCUT2D eigenvalue weighted by Crippen LogP contribution is 2.20. The highest BCUT2D eigenvalue weighted by Gasteiger charge is 2.13. The van der Waals surface area contributed by atoms with E-state index in [1.54, 1.807) is 13.0 Å². The molecule has 0 radical (unpaired) electrons. The zero-order valence-electron chi connectivity index (χ0n) is 14.2. The molecule has 1 aromatic heterocycles. The molecule has 0 aliphatic carbocycles. The highest BCUT2D eigenvalue weighted by atomic mass is 32.2. The minimum atomic E-state index is -3.32. The van der Waals surface area contributed by atoms with Crippen LogP contribution in [0.25, 0.3) is 0 Å². The lowest BCUT2D eigenvalue weighted by molar-refractivity contribution is 0.249. The van der Waals surface area contributed by atoms with Crippen molar-refractivity contribution in [3.8, 4) is 0 Å². The number of carbonyl (C=O) groups excluding carboxylic acids is 1. The first kappa shape index (κ1) is 18.0. The van der Waals surface area contributed by atoms with Crippen LogP contribution >= 0.6 is 0 Å². The normalized spacial score (nSPS) is 12.7. The van der Waals surface area contributed by atoms with Gasteiger partial charge in [-0.25, -0.2) is 13.2 Å². The molecule has 130 valence electrons. The number of nitrogens with zero attached hydrogens (tertiary/aromatic N) is 1. The van der Waals surface area contributed by atoms with Crippen LogP contribution in [0, 0.1) is 13.8 Å². The zero-order valence-corrected chi connectivity index (χ0v) is 15.0. The molecule has 0 aliphatic rings. The second-order valence-corrected chi connectivity index (χ2v) is 8.01. The van der Waals surface area contributed by atoms with Gasteiger partial charge in [-0.15, -0.1) is 0 Å². The van der Waals surface area contributed by atoms with Crippen molar-refractivity contribution >= 4 is 21.6 Å². The average molecular weight is 350 g/mol. The molecule has 3 N–H and O–H groups in total. The van der Waals surface area contributed by atoms with Crippen molar-refractivity contribution in [3.05, 3.63) is 41.2 Å². The van der Waals surface area contributed by atoms with E-state index in [0.717, 1.165) is 23.2 Å². The number of sulfone groups is 1. The monoisotopic (exact) mass is 350 g/mol. The van der Waals surface area contributed by atoms with Crippen molar-refractivity contribution in [2.75, 3.05) is 11.6 Å². The maximum absolute atomic E-state index is 12.1. The number of urea groups is 1. The molecular weight excluding hydrogens is 328 g/mol. The van der Waals surface area contributed by atoms with E-state index in [9.17, 15) is 13.2 Å². The fourth-order valence-electron chi connectivity index (χ4n) is 2.29. The Hall–Kier alpha value is -2.35. The van der Waals surface area contributed by atoms with Gasteiger partial charge < -0.3 is 10.6 Å². The van der Waals surface area contributed by atoms with Crippen molar-refractivity contribution in [3.63, 3.8) is 0 Å². The fraction of sp³-hybridized carbons (Fsp3) is 0.375. The Morgan fingerprint density at radius 3 is 2.58 bits per heavy atom. The summed E-state index contributed by atoms with van der Waals surface area (Å²) in [4.78, 5) is 12.3. The van der Waals surface area contributed by atoms with Gasteiger partial charge in [-0.05, 0) is 44.5 Å². The largest absolute Gasteiger partial charge is 0.335 e. The molecule has 7 nitrogen and oxygen atoms in total. The molecule has 2 amide bonds. The Labute approximate surface area is 141 Å². The predicted octanol–water partition coefficient (Wildman–Crippen LogP) is 2.18. The number of benzene rings is 1. The number of rotatable bonds is 5. The van der Waals surface area contributed by atoms with Gasteiger partial charge in [0.15, 0.2) is 9.84 Å². The van der Waals surface area contributed by atoms with Crippen LogP contribution in [0.5, 0.6) is 0 Å². The van der Waals surface area contributed by atoms with Crippen LogP contribution in [0.4, 0.5) is 10.5 Å². The van der Waals surface area contributed by atoms with Crippen molar-refractivity contribution < 1.29 is 13.2 Å². The molecule has 0 aliphatic heterocycles. The van der Waals surface area contributed by atoms with E-state index in [1.165, 1.54) is 12.1 Å². The lowest BCUT2D eigenvalue weighted by Crippen LogP contribution is -2.37. The molecule has 2 aromatic rings. The van der Waals surface area contributed by atoms with Crippen LogP contribution in [0.3, 0.4) is 0 Å². The minimum absolute atomic E-state index is 0.119. The third kappa shape index (κ3) is 4.82. The van der Waals surface area contributed by atoms with Crippen molar-refractivity contribution in [1.82, 2.24) is 15.5 Å². The second-order valence-electron chi connectivity index (χ2n) is 5.99. The van der Waals surface area contributed by atoms with Crippen LogP contribution in [-0.4, -0.2) is 36.9 Å². The summed E-state index contributed by atoms with van der Waals surface area (Å²) in [5.74, 6) is 0. The molecule has 1 heterocycles. The number of aromatic nitrogens is 2. The number of amides is 2. The third-order valence-electron chi connectivity index (χ3n) is 3.54. The summed E-state index contributed by atoms with van der Waals surface area (Å²) in [7, 11) is -3.32. The van der Waals surface area contributed by atoms with Crippen LogP contribution in [0.2, 0.25) is 0 Å². The number of carbonyl (C=O) groups is 1. The molecule has 1 atom stereocenters. The van der Waals surface area contributed by atoms with Crippen LogP contribution in [-0.2, 0) is 16.3 Å². The van der Waals surface area contributed by atoms with E-state index in [0.29, 0.717) is 12.1 Å². The van der Waals surface area contributed by atoms with Gasteiger partial charge in [0, 0.05) is 30.1 Å². The van der Waals surface area contributed by atoms with Gasteiger partial charge >= 0.3 is 6.03 Å². The molecule has 2 rings (SSSR count). The van der Waals surface area contributed by atoms with E-state index < -0.39 is 9.84 Å². The van der Waals surface area contributed by atoms with Gasteiger partial charge in [0.25, 0.3) is 0 Å². The van der Waals surface area contributed by atoms with E-state index in [2.05, 4.69) is 20.8 Å². The molecule has 0 saturated heterocycles. The number of hydrogen-bond acceptors (Lipinski definition) is 4. The van der Waals surface area contributed by atoms with Gasteiger partial charge in [0.05, 0.1) is 10.6 Å². The van der Waals surface area contributed by atoms with Gasteiger partial charge in [0.2, 0.25) is 0 Å². The Morgan fingerprint density at radius 2 is 2.00 bits per heavy atom. The Morgan fingerprint density at radius 1 is 1.29 bits per heavy atom. The molecule has 24 heavy (non-hydrogen) atoms. The zero-order chi connectivity index (χ0) is 17.9. The first-order valence-corrected chi connectivity index (χ1v) is 9.43. The van der Waals surface area contributed by atoms with Crippen LogP contribution in [0.15, 0.2) is 29.2 Å². The number of hydrogen-bond donors (Lipinski definition) is 3. The molecule has 0 bridgehead atoms. The summed E-state index contributed by atoms with van der Waals surface area (Å²) >= 11 is 0. The number of H-pyrrole nitrogens is 1. The summed E-state index contributed by atoms with van der Waals surface area (Å²) in [5.41, 5.74) is 3.09. The lowest BCUT2D eigenvalue weighted by Gasteiger charge is -2.15. The topological polar surface area (TPSA) is 104 Å². The Balaban J connectivity index is 2.01. The summed E-state index contributed by atoms with van der Waals surface area (Å²) < 4.78 is 23.3.